The van der Waals surface area contributed by atoms with E-state index in [0.29, 0.717) is 13.2 Å². The van der Waals surface area contributed by atoms with Crippen LogP contribution in [-0.2, 0) is 33.3 Å². The normalized spacial score (nSPS) is 10.9. The van der Waals surface area contributed by atoms with E-state index in [-0.39, 0.29) is 19.8 Å². The van der Waals surface area contributed by atoms with Crippen LogP contribution in [0.15, 0.2) is 0 Å². The van der Waals surface area contributed by atoms with Crippen molar-refractivity contribution in [1.82, 2.24) is 0 Å². The van der Waals surface area contributed by atoms with Crippen molar-refractivity contribution in [1.29, 1.82) is 0 Å². The molecule has 7 nitrogen and oxygen atoms in total. The van der Waals surface area contributed by atoms with Gasteiger partial charge in [-0.2, -0.15) is 0 Å². The van der Waals surface area contributed by atoms with Crippen LogP contribution < -0.4 is 0 Å². The van der Waals surface area contributed by atoms with E-state index >= 15 is 0 Å². The summed E-state index contributed by atoms with van der Waals surface area (Å²) in [6.45, 7) is 7.99. The molecule has 0 unspecified atom stereocenters. The molecule has 118 valence electrons. The van der Waals surface area contributed by atoms with E-state index < -0.39 is 24.3 Å². The molecule has 0 atom stereocenters. The first-order valence-corrected chi connectivity index (χ1v) is 6.78. The zero-order chi connectivity index (χ0) is 15.4. The van der Waals surface area contributed by atoms with Gasteiger partial charge in [-0.05, 0) is 27.7 Å². The van der Waals surface area contributed by atoms with Crippen LogP contribution in [0.1, 0.15) is 27.7 Å². The van der Waals surface area contributed by atoms with Gasteiger partial charge >= 0.3 is 11.9 Å². The van der Waals surface area contributed by atoms with Gasteiger partial charge in [-0.25, -0.2) is 9.59 Å². The highest BCUT2D eigenvalue weighted by Crippen LogP contribution is 2.04. The van der Waals surface area contributed by atoms with Crippen LogP contribution >= 0.6 is 0 Å². The quantitative estimate of drug-likeness (QED) is 0.318. The first kappa shape index (κ1) is 18.8. The SMILES string of the molecule is CCOC(=O)C(OCC(OCC)OCC)C(=O)OCC. The fraction of sp³-hybridized carbons (Fsp3) is 0.846. The Labute approximate surface area is 119 Å². The van der Waals surface area contributed by atoms with Gasteiger partial charge in [0.05, 0.1) is 19.8 Å². The highest BCUT2D eigenvalue weighted by atomic mass is 16.7. The second-order valence-electron chi connectivity index (χ2n) is 3.56. The maximum atomic E-state index is 11.7. The van der Waals surface area contributed by atoms with Crippen LogP contribution in [0.3, 0.4) is 0 Å². The zero-order valence-corrected chi connectivity index (χ0v) is 12.5. The van der Waals surface area contributed by atoms with E-state index in [9.17, 15) is 9.59 Å². The van der Waals surface area contributed by atoms with Crippen molar-refractivity contribution in [3.05, 3.63) is 0 Å². The molecule has 0 aliphatic heterocycles. The van der Waals surface area contributed by atoms with Crippen molar-refractivity contribution in [2.24, 2.45) is 0 Å². The number of rotatable bonds is 11. The van der Waals surface area contributed by atoms with E-state index in [2.05, 4.69) is 0 Å². The molecule has 0 fully saturated rings. The maximum absolute atomic E-state index is 11.7. The van der Waals surface area contributed by atoms with Crippen molar-refractivity contribution in [2.45, 2.75) is 40.1 Å². The van der Waals surface area contributed by atoms with E-state index in [1.54, 1.807) is 27.7 Å². The monoisotopic (exact) mass is 292 g/mol. The average Bonchev–Trinajstić information content (AvgIpc) is 2.40. The molecular weight excluding hydrogens is 268 g/mol. The summed E-state index contributed by atoms with van der Waals surface area (Å²) in [6.07, 6.45) is -2.06. The average molecular weight is 292 g/mol. The predicted molar refractivity (Wildman–Crippen MR) is 70.0 cm³/mol. The van der Waals surface area contributed by atoms with Crippen LogP contribution in [-0.4, -0.2) is 57.4 Å². The summed E-state index contributed by atoms with van der Waals surface area (Å²) in [5, 5.41) is 0. The Morgan fingerprint density at radius 2 is 1.20 bits per heavy atom. The third-order valence-corrected chi connectivity index (χ3v) is 2.11. The van der Waals surface area contributed by atoms with Crippen molar-refractivity contribution in [2.75, 3.05) is 33.0 Å². The standard InChI is InChI=1S/C13H24O7/c1-5-16-10(17-6-2)9-20-11(12(14)18-7-3)13(15)19-8-4/h10-11H,5-9H2,1-4H3. The predicted octanol–water partition coefficient (Wildman–Crippen LogP) is 0.897. The Morgan fingerprint density at radius 1 is 0.750 bits per heavy atom. The smallest absolute Gasteiger partial charge is 0.347 e. The first-order valence-electron chi connectivity index (χ1n) is 6.78. The first-order chi connectivity index (χ1) is 9.60. The van der Waals surface area contributed by atoms with Crippen LogP contribution in [0.2, 0.25) is 0 Å². The third-order valence-electron chi connectivity index (χ3n) is 2.11. The molecule has 0 radical (unpaired) electrons. The van der Waals surface area contributed by atoms with Crippen molar-refractivity contribution in [3.8, 4) is 0 Å². The minimum Gasteiger partial charge on any atom is -0.464 e. The lowest BCUT2D eigenvalue weighted by Gasteiger charge is -2.20. The van der Waals surface area contributed by atoms with Gasteiger partial charge < -0.3 is 23.7 Å². The molecule has 0 aliphatic carbocycles. The van der Waals surface area contributed by atoms with Gasteiger partial charge in [0, 0.05) is 13.2 Å². The van der Waals surface area contributed by atoms with Crippen molar-refractivity contribution in [3.63, 3.8) is 0 Å². The fourth-order valence-electron chi connectivity index (χ4n) is 1.36. The Hall–Kier alpha value is -1.18. The Bertz CT molecular complexity index is 256. The number of esters is 2. The molecule has 0 bridgehead atoms. The van der Waals surface area contributed by atoms with Gasteiger partial charge in [0.1, 0.15) is 0 Å². The molecule has 0 saturated heterocycles. The second-order valence-corrected chi connectivity index (χ2v) is 3.56. The van der Waals surface area contributed by atoms with Crippen LogP contribution in [0.25, 0.3) is 0 Å². The van der Waals surface area contributed by atoms with E-state index in [0.717, 1.165) is 0 Å². The van der Waals surface area contributed by atoms with E-state index in [1.807, 2.05) is 0 Å². The summed E-state index contributed by atoms with van der Waals surface area (Å²) in [4.78, 5) is 23.3. The molecule has 0 aromatic rings. The molecule has 0 aliphatic rings. The maximum Gasteiger partial charge on any atom is 0.347 e. The Morgan fingerprint density at radius 3 is 1.55 bits per heavy atom. The largest absolute Gasteiger partial charge is 0.464 e. The number of carbonyl (C=O) groups is 2. The third kappa shape index (κ3) is 7.42. The summed E-state index contributed by atoms with van der Waals surface area (Å²) in [7, 11) is 0. The molecule has 20 heavy (non-hydrogen) atoms. The minimum atomic E-state index is -1.42. The molecule has 7 heteroatoms. The van der Waals surface area contributed by atoms with Crippen molar-refractivity contribution >= 4 is 11.9 Å². The molecular formula is C13H24O7. The van der Waals surface area contributed by atoms with Gasteiger partial charge in [-0.15, -0.1) is 0 Å². The number of hydrogen-bond donors (Lipinski definition) is 0. The van der Waals surface area contributed by atoms with Gasteiger partial charge in [0.25, 0.3) is 6.10 Å². The Kier molecular flexibility index (Phi) is 10.9. The minimum absolute atomic E-state index is 0.0655. The molecule has 0 heterocycles. The van der Waals surface area contributed by atoms with Gasteiger partial charge in [-0.3, -0.25) is 0 Å². The molecule has 0 aromatic heterocycles. The van der Waals surface area contributed by atoms with Crippen LogP contribution in [0, 0.1) is 0 Å². The highest BCUT2D eigenvalue weighted by molar-refractivity contribution is 5.98. The summed E-state index contributed by atoms with van der Waals surface area (Å²) < 4.78 is 25.3. The molecule has 0 saturated carbocycles. The van der Waals surface area contributed by atoms with Gasteiger partial charge in [0.15, 0.2) is 6.29 Å². The lowest BCUT2D eigenvalue weighted by atomic mass is 10.3. The summed E-state index contributed by atoms with van der Waals surface area (Å²) >= 11 is 0. The zero-order valence-electron chi connectivity index (χ0n) is 12.5. The van der Waals surface area contributed by atoms with E-state index in [4.69, 9.17) is 23.7 Å². The summed E-state index contributed by atoms with van der Waals surface area (Å²) in [6, 6.07) is 0. The highest BCUT2D eigenvalue weighted by Gasteiger charge is 2.31. The van der Waals surface area contributed by atoms with Crippen molar-refractivity contribution < 1.29 is 33.3 Å². The topological polar surface area (TPSA) is 80.3 Å². The van der Waals surface area contributed by atoms with Crippen LogP contribution in [0.5, 0.6) is 0 Å². The summed E-state index contributed by atoms with van der Waals surface area (Å²) in [5.41, 5.74) is 0. The lowest BCUT2D eigenvalue weighted by molar-refractivity contribution is -0.195. The van der Waals surface area contributed by atoms with E-state index in [1.165, 1.54) is 0 Å². The fourth-order valence-corrected chi connectivity index (χ4v) is 1.36. The van der Waals surface area contributed by atoms with Crippen LogP contribution in [0.4, 0.5) is 0 Å². The lowest BCUT2D eigenvalue weighted by Crippen LogP contribution is -2.39. The van der Waals surface area contributed by atoms with Gasteiger partial charge in [0.2, 0.25) is 0 Å². The van der Waals surface area contributed by atoms with Gasteiger partial charge in [-0.1, -0.05) is 0 Å². The summed E-state index contributed by atoms with van der Waals surface area (Å²) in [5.74, 6) is -1.56. The molecule has 0 spiro atoms. The second kappa shape index (κ2) is 11.6. The molecule has 0 N–H and O–H groups in total. The number of hydrogen-bond acceptors (Lipinski definition) is 7. The number of carbonyl (C=O) groups excluding carboxylic acids is 2. The molecule has 0 aromatic carbocycles. The Balaban J connectivity index is 4.53. The molecule has 0 rings (SSSR count). The molecule has 0 amide bonds. The number of ether oxygens (including phenoxy) is 5.